The van der Waals surface area contributed by atoms with E-state index in [4.69, 9.17) is 4.74 Å². The van der Waals surface area contributed by atoms with Crippen molar-refractivity contribution in [1.29, 1.82) is 0 Å². The fraction of sp³-hybridized carbons (Fsp3) is 0.750. The van der Waals surface area contributed by atoms with Crippen molar-refractivity contribution in [3.05, 3.63) is 26.4 Å². The molecule has 116 valence electrons. The first-order valence-corrected chi connectivity index (χ1v) is 7.73. The van der Waals surface area contributed by atoms with Crippen molar-refractivity contribution in [2.75, 3.05) is 0 Å². The zero-order chi connectivity index (χ0) is 15.5. The molecule has 0 unspecified atom stereocenters. The Hall–Kier alpha value is -1.52. The van der Waals surface area contributed by atoms with Crippen LogP contribution in [0.4, 0.5) is 0 Å². The first kappa shape index (κ1) is 14.4. The number of fused-ring (bicyclic) bond motifs is 3. The molecule has 1 aliphatic heterocycles. The minimum absolute atomic E-state index is 0.187. The van der Waals surface area contributed by atoms with Gasteiger partial charge in [0.15, 0.2) is 0 Å². The van der Waals surface area contributed by atoms with Gasteiger partial charge in [-0.1, -0.05) is 13.3 Å². The predicted octanol–water partition coefficient (Wildman–Crippen LogP) is 1.77. The van der Waals surface area contributed by atoms with Gasteiger partial charge in [-0.05, 0) is 32.6 Å². The van der Waals surface area contributed by atoms with E-state index in [1.54, 1.807) is 14.1 Å². The Morgan fingerprint density at radius 2 is 1.81 bits per heavy atom. The predicted molar refractivity (Wildman–Crippen MR) is 80.9 cm³/mol. The third kappa shape index (κ3) is 1.97. The highest BCUT2D eigenvalue weighted by atomic mass is 16.5. The van der Waals surface area contributed by atoms with E-state index >= 15 is 0 Å². The summed E-state index contributed by atoms with van der Waals surface area (Å²) in [4.78, 5) is 24.8. The van der Waals surface area contributed by atoms with Crippen LogP contribution in [0.25, 0.3) is 0 Å². The molecule has 5 nitrogen and oxygen atoms in total. The smallest absolute Gasteiger partial charge is 0.333 e. The van der Waals surface area contributed by atoms with E-state index < -0.39 is 0 Å². The van der Waals surface area contributed by atoms with E-state index in [0.29, 0.717) is 23.3 Å². The van der Waals surface area contributed by atoms with Gasteiger partial charge in [0, 0.05) is 25.9 Å². The van der Waals surface area contributed by atoms with Crippen LogP contribution in [0.1, 0.15) is 51.5 Å². The summed E-state index contributed by atoms with van der Waals surface area (Å²) in [6.45, 7) is 6.39. The van der Waals surface area contributed by atoms with Crippen LogP contribution in [-0.2, 0) is 14.1 Å². The quantitative estimate of drug-likeness (QED) is 0.732. The van der Waals surface area contributed by atoms with E-state index in [1.807, 2.05) is 0 Å². The van der Waals surface area contributed by atoms with E-state index in [1.165, 1.54) is 15.6 Å². The molecular formula is C16H24N2O3. The average Bonchev–Trinajstić information content (AvgIpc) is 2.41. The highest BCUT2D eigenvalue weighted by Gasteiger charge is 2.48. The van der Waals surface area contributed by atoms with Crippen LogP contribution in [0.3, 0.4) is 0 Å². The molecule has 1 aromatic heterocycles. The number of hydrogen-bond donors (Lipinski definition) is 0. The largest absolute Gasteiger partial charge is 0.472 e. The summed E-state index contributed by atoms with van der Waals surface area (Å²) in [5.41, 5.74) is -0.144. The summed E-state index contributed by atoms with van der Waals surface area (Å²) in [7, 11) is 3.23. The lowest BCUT2D eigenvalue weighted by atomic mass is 9.65. The normalized spacial score (nSPS) is 30.2. The molecule has 1 saturated carbocycles. The standard InChI is InChI=1S/C16H24N2O3/c1-9-6-7-11-10(8-9)12-13(19)17(4)15(20)18(5)14(12)21-16(11,2)3/h9-11H,6-8H2,1-5H3/t9-,10+,11+/m0/s1. The van der Waals surface area contributed by atoms with Gasteiger partial charge in [0.05, 0.1) is 5.56 Å². The molecule has 0 bridgehead atoms. The van der Waals surface area contributed by atoms with Gasteiger partial charge in [-0.25, -0.2) is 4.79 Å². The zero-order valence-corrected chi connectivity index (χ0v) is 13.5. The van der Waals surface area contributed by atoms with Crippen molar-refractivity contribution in [1.82, 2.24) is 9.13 Å². The molecule has 2 aliphatic rings. The minimum Gasteiger partial charge on any atom is -0.472 e. The average molecular weight is 292 g/mol. The molecule has 0 spiro atoms. The number of hydrogen-bond acceptors (Lipinski definition) is 3. The number of aromatic nitrogens is 2. The molecule has 1 aliphatic carbocycles. The molecule has 1 aromatic rings. The fourth-order valence-electron chi connectivity index (χ4n) is 4.15. The Labute approximate surface area is 124 Å². The van der Waals surface area contributed by atoms with Crippen LogP contribution in [0, 0.1) is 11.8 Å². The van der Waals surface area contributed by atoms with Gasteiger partial charge < -0.3 is 4.74 Å². The first-order valence-electron chi connectivity index (χ1n) is 7.73. The van der Waals surface area contributed by atoms with Crippen molar-refractivity contribution in [2.24, 2.45) is 25.9 Å². The number of ether oxygens (including phenoxy) is 1. The second-order valence-electron chi connectivity index (χ2n) is 7.26. The lowest BCUT2D eigenvalue weighted by Gasteiger charge is -2.48. The topological polar surface area (TPSA) is 53.2 Å². The lowest BCUT2D eigenvalue weighted by molar-refractivity contribution is -0.0225. The van der Waals surface area contributed by atoms with E-state index in [2.05, 4.69) is 20.8 Å². The summed E-state index contributed by atoms with van der Waals surface area (Å²) in [6.07, 6.45) is 3.25. The van der Waals surface area contributed by atoms with Crippen LogP contribution in [0.5, 0.6) is 5.88 Å². The molecule has 0 aromatic carbocycles. The van der Waals surface area contributed by atoms with Gasteiger partial charge in [0.25, 0.3) is 5.56 Å². The molecule has 5 heteroatoms. The fourth-order valence-corrected chi connectivity index (χ4v) is 4.15. The molecule has 0 radical (unpaired) electrons. The van der Waals surface area contributed by atoms with Crippen molar-refractivity contribution < 1.29 is 4.74 Å². The van der Waals surface area contributed by atoms with Crippen molar-refractivity contribution in [3.63, 3.8) is 0 Å². The third-order valence-corrected chi connectivity index (χ3v) is 5.38. The maximum absolute atomic E-state index is 12.6. The maximum atomic E-state index is 12.6. The Morgan fingerprint density at radius 3 is 2.48 bits per heavy atom. The number of nitrogens with zero attached hydrogens (tertiary/aromatic N) is 2. The van der Waals surface area contributed by atoms with Crippen LogP contribution in [0.15, 0.2) is 9.59 Å². The molecular weight excluding hydrogens is 268 g/mol. The van der Waals surface area contributed by atoms with E-state index in [-0.39, 0.29) is 22.8 Å². The molecule has 3 atom stereocenters. The summed E-state index contributed by atoms with van der Waals surface area (Å²) >= 11 is 0. The molecule has 1 fully saturated rings. The molecule has 0 saturated heterocycles. The summed E-state index contributed by atoms with van der Waals surface area (Å²) in [5, 5.41) is 0. The second kappa shape index (κ2) is 4.49. The van der Waals surface area contributed by atoms with Gasteiger partial charge in [0.1, 0.15) is 5.60 Å². The van der Waals surface area contributed by atoms with Crippen LogP contribution >= 0.6 is 0 Å². The van der Waals surface area contributed by atoms with Crippen LogP contribution in [-0.4, -0.2) is 14.7 Å². The summed E-state index contributed by atoms with van der Waals surface area (Å²) in [5.74, 6) is 1.61. The molecule has 0 amide bonds. The molecule has 2 heterocycles. The van der Waals surface area contributed by atoms with Gasteiger partial charge in [-0.3, -0.25) is 13.9 Å². The monoisotopic (exact) mass is 292 g/mol. The highest BCUT2D eigenvalue weighted by molar-refractivity contribution is 5.34. The molecule has 3 rings (SSSR count). The van der Waals surface area contributed by atoms with Crippen LogP contribution < -0.4 is 16.0 Å². The van der Waals surface area contributed by atoms with Crippen molar-refractivity contribution >= 4 is 0 Å². The lowest BCUT2D eigenvalue weighted by Crippen LogP contribution is -2.52. The Bertz CT molecular complexity index is 699. The minimum atomic E-state index is -0.339. The zero-order valence-electron chi connectivity index (χ0n) is 13.5. The summed E-state index contributed by atoms with van der Waals surface area (Å²) in [6, 6.07) is 0. The SMILES string of the molecule is C[C@H]1CC[C@@H]2[C@@H](C1)c1c(n(C)c(=O)n(C)c1=O)OC2(C)C. The molecule has 0 N–H and O–H groups in total. The number of rotatable bonds is 0. The maximum Gasteiger partial charge on any atom is 0.333 e. The van der Waals surface area contributed by atoms with E-state index in [0.717, 1.165) is 12.8 Å². The van der Waals surface area contributed by atoms with Crippen molar-refractivity contribution in [3.8, 4) is 5.88 Å². The summed E-state index contributed by atoms with van der Waals surface area (Å²) < 4.78 is 8.81. The third-order valence-electron chi connectivity index (χ3n) is 5.38. The van der Waals surface area contributed by atoms with Crippen molar-refractivity contribution in [2.45, 2.75) is 51.6 Å². The molecule has 21 heavy (non-hydrogen) atoms. The van der Waals surface area contributed by atoms with Gasteiger partial charge in [-0.2, -0.15) is 0 Å². The first-order chi connectivity index (χ1) is 9.74. The van der Waals surface area contributed by atoms with Gasteiger partial charge >= 0.3 is 5.69 Å². The second-order valence-corrected chi connectivity index (χ2v) is 7.26. The van der Waals surface area contributed by atoms with Crippen LogP contribution in [0.2, 0.25) is 0 Å². The Kier molecular flexibility index (Phi) is 3.08. The van der Waals surface area contributed by atoms with Gasteiger partial charge in [0.2, 0.25) is 5.88 Å². The Balaban J connectivity index is 2.29. The highest BCUT2D eigenvalue weighted by Crippen LogP contribution is 2.51. The van der Waals surface area contributed by atoms with E-state index in [9.17, 15) is 9.59 Å². The van der Waals surface area contributed by atoms with Gasteiger partial charge in [-0.15, -0.1) is 0 Å². The Morgan fingerprint density at radius 1 is 1.14 bits per heavy atom.